The minimum atomic E-state index is -0.477. The second-order valence-corrected chi connectivity index (χ2v) is 4.76. The topological polar surface area (TPSA) is 88.1 Å². The summed E-state index contributed by atoms with van der Waals surface area (Å²) >= 11 is 5.82. The molecule has 3 N–H and O–H groups in total. The number of anilines is 1. The van der Waals surface area contributed by atoms with Gasteiger partial charge in [0.25, 0.3) is 5.91 Å². The summed E-state index contributed by atoms with van der Waals surface area (Å²) in [7, 11) is 0. The van der Waals surface area contributed by atoms with Crippen LogP contribution in [0.25, 0.3) is 0 Å². The number of nitriles is 1. The van der Waals surface area contributed by atoms with Crippen molar-refractivity contribution in [2.75, 3.05) is 11.9 Å². The molecular formula is C13H14ClN3O2. The molecule has 1 aliphatic heterocycles. The quantitative estimate of drug-likeness (QED) is 0.881. The highest BCUT2D eigenvalue weighted by atomic mass is 35.5. The maximum absolute atomic E-state index is 12.0. The summed E-state index contributed by atoms with van der Waals surface area (Å²) in [5.74, 6) is -0.220. The average molecular weight is 280 g/mol. The van der Waals surface area contributed by atoms with Crippen LogP contribution in [0.1, 0.15) is 18.4 Å². The van der Waals surface area contributed by atoms with Crippen molar-refractivity contribution in [3.63, 3.8) is 0 Å². The molecule has 1 aliphatic rings. The van der Waals surface area contributed by atoms with Crippen molar-refractivity contribution >= 4 is 23.2 Å². The first-order chi connectivity index (χ1) is 9.13. The standard InChI is InChI=1S/C13H14ClN3O2/c14-11-3-1-9(5-8(11)6-15)17-13(18)12-4-2-10(7-16)19-12/h1,3,5,10,12H,2,4,7,16H2,(H,17,18). The van der Waals surface area contributed by atoms with Crippen LogP contribution >= 0.6 is 11.6 Å². The number of nitrogens with two attached hydrogens (primary N) is 1. The van der Waals surface area contributed by atoms with Crippen molar-refractivity contribution in [1.29, 1.82) is 5.26 Å². The molecule has 0 aromatic heterocycles. The van der Waals surface area contributed by atoms with E-state index in [9.17, 15) is 4.79 Å². The highest BCUT2D eigenvalue weighted by molar-refractivity contribution is 6.31. The number of rotatable bonds is 3. The molecule has 5 nitrogen and oxygen atoms in total. The summed E-state index contributed by atoms with van der Waals surface area (Å²) in [6.45, 7) is 0.420. The Labute approximate surface area is 116 Å². The molecule has 0 aliphatic carbocycles. The molecular weight excluding hydrogens is 266 g/mol. The second kappa shape index (κ2) is 6.02. The van der Waals surface area contributed by atoms with Crippen LogP contribution in [0, 0.1) is 11.3 Å². The third-order valence-corrected chi connectivity index (χ3v) is 3.35. The first-order valence-corrected chi connectivity index (χ1v) is 6.38. The van der Waals surface area contributed by atoms with Gasteiger partial charge in [-0.05, 0) is 31.0 Å². The van der Waals surface area contributed by atoms with Crippen molar-refractivity contribution in [1.82, 2.24) is 0 Å². The zero-order valence-electron chi connectivity index (χ0n) is 10.2. The normalized spacial score (nSPS) is 21.9. The summed E-state index contributed by atoms with van der Waals surface area (Å²) in [6, 6.07) is 6.73. The van der Waals surface area contributed by atoms with Gasteiger partial charge in [-0.3, -0.25) is 4.79 Å². The SMILES string of the molecule is N#Cc1cc(NC(=O)C2CCC(CN)O2)ccc1Cl. The number of carbonyl (C=O) groups is 1. The zero-order valence-corrected chi connectivity index (χ0v) is 11.0. The summed E-state index contributed by atoms with van der Waals surface area (Å²) in [5.41, 5.74) is 6.35. The van der Waals surface area contributed by atoms with Gasteiger partial charge in [0, 0.05) is 12.2 Å². The smallest absolute Gasteiger partial charge is 0.253 e. The number of halogens is 1. The Balaban J connectivity index is 2.02. The number of ether oxygens (including phenoxy) is 1. The van der Waals surface area contributed by atoms with Crippen molar-refractivity contribution < 1.29 is 9.53 Å². The van der Waals surface area contributed by atoms with Gasteiger partial charge in [-0.15, -0.1) is 0 Å². The summed E-state index contributed by atoms with van der Waals surface area (Å²) in [6.07, 6.45) is 0.927. The summed E-state index contributed by atoms with van der Waals surface area (Å²) in [4.78, 5) is 12.0. The first kappa shape index (κ1) is 13.8. The Hall–Kier alpha value is -1.61. The molecule has 2 unspecified atom stereocenters. The minimum absolute atomic E-state index is 0.0457. The van der Waals surface area contributed by atoms with Crippen LogP contribution in [-0.4, -0.2) is 24.7 Å². The van der Waals surface area contributed by atoms with E-state index in [1.54, 1.807) is 12.1 Å². The molecule has 1 aromatic rings. The van der Waals surface area contributed by atoms with Crippen molar-refractivity contribution in [2.45, 2.75) is 25.0 Å². The summed E-state index contributed by atoms with van der Waals surface area (Å²) in [5, 5.41) is 11.9. The van der Waals surface area contributed by atoms with Crippen LogP contribution in [0.5, 0.6) is 0 Å². The Kier molecular flexibility index (Phi) is 4.38. The molecule has 1 fully saturated rings. The van der Waals surface area contributed by atoms with Crippen LogP contribution in [0.3, 0.4) is 0 Å². The predicted octanol–water partition coefficient (Wildman–Crippen LogP) is 1.66. The van der Waals surface area contributed by atoms with E-state index in [2.05, 4.69) is 5.32 Å². The third kappa shape index (κ3) is 3.24. The molecule has 0 saturated carbocycles. The number of carbonyl (C=O) groups excluding carboxylic acids is 1. The second-order valence-electron chi connectivity index (χ2n) is 4.36. The third-order valence-electron chi connectivity index (χ3n) is 3.02. The predicted molar refractivity (Wildman–Crippen MR) is 71.7 cm³/mol. The molecule has 100 valence electrons. The van der Waals surface area contributed by atoms with Crippen LogP contribution in [-0.2, 0) is 9.53 Å². The van der Waals surface area contributed by atoms with Gasteiger partial charge in [0.15, 0.2) is 0 Å². The van der Waals surface area contributed by atoms with Crippen LogP contribution < -0.4 is 11.1 Å². The van der Waals surface area contributed by atoms with Crippen LogP contribution in [0.15, 0.2) is 18.2 Å². The van der Waals surface area contributed by atoms with Crippen LogP contribution in [0.4, 0.5) is 5.69 Å². The van der Waals surface area contributed by atoms with E-state index in [1.165, 1.54) is 6.07 Å². The van der Waals surface area contributed by atoms with Crippen molar-refractivity contribution in [2.24, 2.45) is 5.73 Å². The van der Waals surface area contributed by atoms with Crippen LogP contribution in [0.2, 0.25) is 5.02 Å². The monoisotopic (exact) mass is 279 g/mol. The summed E-state index contributed by atoms with van der Waals surface area (Å²) < 4.78 is 5.50. The molecule has 0 radical (unpaired) electrons. The molecule has 2 rings (SSSR count). The molecule has 2 atom stereocenters. The van der Waals surface area contributed by atoms with E-state index >= 15 is 0 Å². The molecule has 1 amide bonds. The van der Waals surface area contributed by atoms with Gasteiger partial charge in [0.2, 0.25) is 0 Å². The number of amides is 1. The van der Waals surface area contributed by atoms with Gasteiger partial charge in [-0.2, -0.15) is 5.26 Å². The fourth-order valence-corrected chi connectivity index (χ4v) is 2.14. The lowest BCUT2D eigenvalue weighted by Crippen LogP contribution is -2.29. The largest absolute Gasteiger partial charge is 0.364 e. The molecule has 0 bridgehead atoms. The number of nitrogens with zero attached hydrogens (tertiary/aromatic N) is 1. The highest BCUT2D eigenvalue weighted by Crippen LogP contribution is 2.23. The fourth-order valence-electron chi connectivity index (χ4n) is 1.98. The highest BCUT2D eigenvalue weighted by Gasteiger charge is 2.29. The molecule has 6 heteroatoms. The van der Waals surface area contributed by atoms with E-state index < -0.39 is 6.10 Å². The van der Waals surface area contributed by atoms with E-state index in [1.807, 2.05) is 6.07 Å². The number of benzene rings is 1. The van der Waals surface area contributed by atoms with E-state index in [0.29, 0.717) is 29.2 Å². The molecule has 1 heterocycles. The number of hydrogen-bond donors (Lipinski definition) is 2. The Morgan fingerprint density at radius 1 is 1.58 bits per heavy atom. The first-order valence-electron chi connectivity index (χ1n) is 6.00. The van der Waals surface area contributed by atoms with Gasteiger partial charge in [0.05, 0.1) is 16.7 Å². The molecule has 19 heavy (non-hydrogen) atoms. The van der Waals surface area contributed by atoms with Gasteiger partial charge >= 0.3 is 0 Å². The van der Waals surface area contributed by atoms with Gasteiger partial charge < -0.3 is 15.8 Å². The minimum Gasteiger partial charge on any atom is -0.364 e. The lowest BCUT2D eigenvalue weighted by Gasteiger charge is -2.13. The maximum atomic E-state index is 12.0. The van der Waals surface area contributed by atoms with Gasteiger partial charge in [-0.25, -0.2) is 0 Å². The van der Waals surface area contributed by atoms with Crippen molar-refractivity contribution in [3.05, 3.63) is 28.8 Å². The maximum Gasteiger partial charge on any atom is 0.253 e. The van der Waals surface area contributed by atoms with E-state index in [0.717, 1.165) is 6.42 Å². The molecule has 0 spiro atoms. The van der Waals surface area contributed by atoms with E-state index in [4.69, 9.17) is 27.3 Å². The number of nitrogens with one attached hydrogen (secondary N) is 1. The lowest BCUT2D eigenvalue weighted by atomic mass is 10.1. The van der Waals surface area contributed by atoms with Gasteiger partial charge in [0.1, 0.15) is 12.2 Å². The zero-order chi connectivity index (χ0) is 13.8. The molecule has 1 aromatic carbocycles. The fraction of sp³-hybridized carbons (Fsp3) is 0.385. The number of hydrogen-bond acceptors (Lipinski definition) is 4. The van der Waals surface area contributed by atoms with Crippen molar-refractivity contribution in [3.8, 4) is 6.07 Å². The Morgan fingerprint density at radius 2 is 2.37 bits per heavy atom. The lowest BCUT2D eigenvalue weighted by molar-refractivity contribution is -0.126. The van der Waals surface area contributed by atoms with E-state index in [-0.39, 0.29) is 12.0 Å². The average Bonchev–Trinajstić information content (AvgIpc) is 2.90. The molecule has 1 saturated heterocycles. The Morgan fingerprint density at radius 3 is 3.00 bits per heavy atom. The Bertz CT molecular complexity index is 527. The van der Waals surface area contributed by atoms with Gasteiger partial charge in [-0.1, -0.05) is 11.6 Å².